The summed E-state index contributed by atoms with van der Waals surface area (Å²) < 4.78 is 28.2. The average Bonchev–Trinajstić information content (AvgIpc) is 3.36. The number of carbonyl (C=O) groups is 1. The Bertz CT molecular complexity index is 1190. The van der Waals surface area contributed by atoms with E-state index in [0.29, 0.717) is 17.8 Å². The van der Waals surface area contributed by atoms with Crippen molar-refractivity contribution in [3.8, 4) is 0 Å². The van der Waals surface area contributed by atoms with Crippen LogP contribution in [0.4, 0.5) is 5.69 Å². The van der Waals surface area contributed by atoms with Gasteiger partial charge in [-0.15, -0.1) is 0 Å². The molecular weight excluding hydrogens is 434 g/mol. The highest BCUT2D eigenvalue weighted by atomic mass is 32.2. The Balaban J connectivity index is 1.47. The van der Waals surface area contributed by atoms with E-state index < -0.39 is 10.0 Å². The molecule has 172 valence electrons. The zero-order valence-electron chi connectivity index (χ0n) is 18.7. The van der Waals surface area contributed by atoms with Crippen LogP contribution in [-0.2, 0) is 10.0 Å². The molecular formula is C26H29N3O3S. The second-order valence-corrected chi connectivity index (χ2v) is 10.1. The summed E-state index contributed by atoms with van der Waals surface area (Å²) in [5.74, 6) is -0.289. The lowest BCUT2D eigenvalue weighted by molar-refractivity contribution is 0.0937. The third-order valence-corrected chi connectivity index (χ3v) is 7.31. The topological polar surface area (TPSA) is 78.5 Å². The maximum atomic E-state index is 12.9. The van der Waals surface area contributed by atoms with Gasteiger partial charge in [0.05, 0.1) is 10.9 Å². The highest BCUT2D eigenvalue weighted by molar-refractivity contribution is 7.92. The van der Waals surface area contributed by atoms with Gasteiger partial charge in [0.15, 0.2) is 0 Å². The molecule has 1 heterocycles. The molecule has 33 heavy (non-hydrogen) atoms. The number of nitrogens with zero attached hydrogens (tertiary/aromatic N) is 1. The second kappa shape index (κ2) is 10.2. The van der Waals surface area contributed by atoms with Gasteiger partial charge >= 0.3 is 0 Å². The molecule has 0 saturated carbocycles. The van der Waals surface area contributed by atoms with Crippen molar-refractivity contribution in [3.63, 3.8) is 0 Å². The molecule has 6 nitrogen and oxygen atoms in total. The first-order valence-corrected chi connectivity index (χ1v) is 12.7. The Morgan fingerprint density at radius 3 is 2.33 bits per heavy atom. The van der Waals surface area contributed by atoms with Crippen LogP contribution in [0.5, 0.6) is 0 Å². The van der Waals surface area contributed by atoms with Gasteiger partial charge in [0.25, 0.3) is 15.9 Å². The van der Waals surface area contributed by atoms with E-state index in [1.54, 1.807) is 24.3 Å². The van der Waals surface area contributed by atoms with Crippen molar-refractivity contribution in [3.05, 3.63) is 95.6 Å². The van der Waals surface area contributed by atoms with Crippen molar-refractivity contribution in [1.82, 2.24) is 10.2 Å². The maximum absolute atomic E-state index is 12.9. The second-order valence-electron chi connectivity index (χ2n) is 8.38. The first kappa shape index (κ1) is 23.0. The predicted octanol–water partition coefficient (Wildman–Crippen LogP) is 4.36. The number of hydrogen-bond acceptors (Lipinski definition) is 4. The van der Waals surface area contributed by atoms with Gasteiger partial charge in [-0.3, -0.25) is 14.4 Å². The fourth-order valence-electron chi connectivity index (χ4n) is 4.12. The van der Waals surface area contributed by atoms with Crippen molar-refractivity contribution < 1.29 is 13.2 Å². The normalized spacial score (nSPS) is 15.2. The molecule has 1 aliphatic heterocycles. The number of amides is 1. The fourth-order valence-corrected chi connectivity index (χ4v) is 5.22. The molecule has 0 aromatic heterocycles. The van der Waals surface area contributed by atoms with Crippen LogP contribution in [0.2, 0.25) is 0 Å². The number of nitrogens with one attached hydrogen (secondary N) is 2. The summed E-state index contributed by atoms with van der Waals surface area (Å²) in [6.07, 6.45) is 2.32. The van der Waals surface area contributed by atoms with Gasteiger partial charge in [0.2, 0.25) is 0 Å². The Morgan fingerprint density at radius 2 is 1.64 bits per heavy atom. The summed E-state index contributed by atoms with van der Waals surface area (Å²) in [6, 6.07) is 23.5. The molecule has 7 heteroatoms. The molecule has 2 N–H and O–H groups in total. The van der Waals surface area contributed by atoms with Crippen LogP contribution in [0, 0.1) is 6.92 Å². The van der Waals surface area contributed by atoms with Crippen molar-refractivity contribution in [1.29, 1.82) is 0 Å². The molecule has 1 amide bonds. The Hall–Kier alpha value is -3.16. The molecule has 3 aromatic rings. The van der Waals surface area contributed by atoms with Crippen LogP contribution < -0.4 is 10.0 Å². The molecule has 0 bridgehead atoms. The third kappa shape index (κ3) is 5.80. The number of rotatable bonds is 8. The smallest absolute Gasteiger partial charge is 0.261 e. The molecule has 0 radical (unpaired) electrons. The number of carbonyl (C=O) groups excluding carboxylic acids is 1. The van der Waals surface area contributed by atoms with E-state index in [2.05, 4.69) is 27.1 Å². The molecule has 1 fully saturated rings. The molecule has 1 aliphatic rings. The van der Waals surface area contributed by atoms with Crippen molar-refractivity contribution in [2.75, 3.05) is 24.4 Å². The zero-order valence-corrected chi connectivity index (χ0v) is 19.5. The van der Waals surface area contributed by atoms with Gasteiger partial charge < -0.3 is 5.32 Å². The van der Waals surface area contributed by atoms with Gasteiger partial charge in [-0.1, -0.05) is 54.1 Å². The predicted molar refractivity (Wildman–Crippen MR) is 131 cm³/mol. The summed E-state index contributed by atoms with van der Waals surface area (Å²) in [7, 11) is -3.81. The monoisotopic (exact) mass is 463 g/mol. The van der Waals surface area contributed by atoms with E-state index >= 15 is 0 Å². The minimum absolute atomic E-state index is 0.0508. The number of anilines is 1. The lowest BCUT2D eigenvalue weighted by Crippen LogP contribution is -2.36. The maximum Gasteiger partial charge on any atom is 0.261 e. The number of sulfonamides is 1. The quantitative estimate of drug-likeness (QED) is 0.520. The van der Waals surface area contributed by atoms with Crippen LogP contribution >= 0.6 is 0 Å². The van der Waals surface area contributed by atoms with E-state index in [4.69, 9.17) is 0 Å². The highest BCUT2D eigenvalue weighted by Crippen LogP contribution is 2.25. The minimum Gasteiger partial charge on any atom is -0.350 e. The van der Waals surface area contributed by atoms with Crippen LogP contribution in [-0.4, -0.2) is 38.9 Å². The Morgan fingerprint density at radius 1 is 0.939 bits per heavy atom. The molecule has 1 saturated heterocycles. The fraction of sp³-hybridized carbons (Fsp3) is 0.269. The molecule has 4 rings (SSSR count). The van der Waals surface area contributed by atoms with Crippen LogP contribution in [0.15, 0.2) is 83.8 Å². The minimum atomic E-state index is -3.81. The lowest BCUT2D eigenvalue weighted by Gasteiger charge is -2.28. The number of aryl methyl sites for hydroxylation is 1. The van der Waals surface area contributed by atoms with Gasteiger partial charge in [0, 0.05) is 17.8 Å². The van der Waals surface area contributed by atoms with Crippen molar-refractivity contribution in [2.24, 2.45) is 0 Å². The summed E-state index contributed by atoms with van der Waals surface area (Å²) in [4.78, 5) is 15.4. The Kier molecular flexibility index (Phi) is 7.11. The summed E-state index contributed by atoms with van der Waals surface area (Å²) in [5.41, 5.74) is 3.00. The van der Waals surface area contributed by atoms with Crippen LogP contribution in [0.3, 0.4) is 0 Å². The molecule has 0 aliphatic carbocycles. The molecule has 1 atom stereocenters. The van der Waals surface area contributed by atoms with Gasteiger partial charge in [-0.25, -0.2) is 8.42 Å². The van der Waals surface area contributed by atoms with Crippen molar-refractivity contribution >= 4 is 21.6 Å². The average molecular weight is 464 g/mol. The molecule has 3 aromatic carbocycles. The van der Waals surface area contributed by atoms with Gasteiger partial charge in [-0.05, 0) is 68.8 Å². The van der Waals surface area contributed by atoms with Gasteiger partial charge in [-0.2, -0.15) is 0 Å². The first-order valence-electron chi connectivity index (χ1n) is 11.2. The standard InChI is InChI=1S/C26H29N3O3S/c1-20-12-14-23(15-13-20)28-33(31,32)24-11-7-10-22(18-24)26(30)27-19-25(29-16-5-6-17-29)21-8-3-2-4-9-21/h2-4,7-15,18,25,28H,5-6,16-17,19H2,1H3,(H,27,30)/t25-/m0/s1. The first-order chi connectivity index (χ1) is 15.9. The summed E-state index contributed by atoms with van der Waals surface area (Å²) >= 11 is 0. The van der Waals surface area contributed by atoms with E-state index in [0.717, 1.165) is 31.5 Å². The van der Waals surface area contributed by atoms with E-state index in [1.165, 1.54) is 17.7 Å². The number of benzene rings is 3. The summed E-state index contributed by atoms with van der Waals surface area (Å²) in [6.45, 7) is 4.41. The largest absolute Gasteiger partial charge is 0.350 e. The number of hydrogen-bond donors (Lipinski definition) is 2. The number of likely N-dealkylation sites (tertiary alicyclic amines) is 1. The zero-order chi connectivity index (χ0) is 23.3. The summed E-state index contributed by atoms with van der Waals surface area (Å²) in [5, 5.41) is 3.01. The molecule has 0 unspecified atom stereocenters. The SMILES string of the molecule is Cc1ccc(NS(=O)(=O)c2cccc(C(=O)NC[C@@H](c3ccccc3)N3CCCC3)c2)cc1. The van der Waals surface area contributed by atoms with Crippen LogP contribution in [0.1, 0.15) is 40.4 Å². The lowest BCUT2D eigenvalue weighted by atomic mass is 10.1. The van der Waals surface area contributed by atoms with E-state index in [9.17, 15) is 13.2 Å². The van der Waals surface area contributed by atoms with Crippen LogP contribution in [0.25, 0.3) is 0 Å². The third-order valence-electron chi connectivity index (χ3n) is 5.93. The van der Waals surface area contributed by atoms with E-state index in [1.807, 2.05) is 37.3 Å². The van der Waals surface area contributed by atoms with Crippen molar-refractivity contribution in [2.45, 2.75) is 30.7 Å². The van der Waals surface area contributed by atoms with E-state index in [-0.39, 0.29) is 16.8 Å². The van der Waals surface area contributed by atoms with Gasteiger partial charge in [0.1, 0.15) is 0 Å². The highest BCUT2D eigenvalue weighted by Gasteiger charge is 2.24. The molecule has 0 spiro atoms. The Labute approximate surface area is 195 Å².